The molecule has 8 heteroatoms. The van der Waals surface area contributed by atoms with Crippen molar-refractivity contribution in [3.63, 3.8) is 0 Å². The Kier molecular flexibility index (Phi) is 3.43. The molecule has 0 unspecified atom stereocenters. The number of nitriles is 1. The molecule has 0 aliphatic carbocycles. The number of benzene rings is 1. The zero-order valence-corrected chi connectivity index (χ0v) is 13.9. The molecule has 3 heterocycles. The van der Waals surface area contributed by atoms with Crippen molar-refractivity contribution in [2.75, 3.05) is 18.0 Å². The summed E-state index contributed by atoms with van der Waals surface area (Å²) in [7, 11) is 0. The number of aliphatic hydroxyl groups is 1. The Labute approximate surface area is 146 Å². The van der Waals surface area contributed by atoms with Gasteiger partial charge in [-0.25, -0.2) is 4.98 Å². The van der Waals surface area contributed by atoms with Crippen molar-refractivity contribution in [3.05, 3.63) is 41.5 Å². The largest absolute Gasteiger partial charge is 0.418 e. The van der Waals surface area contributed by atoms with E-state index in [4.69, 9.17) is 0 Å². The van der Waals surface area contributed by atoms with Crippen molar-refractivity contribution >= 4 is 22.5 Å². The SMILES string of the molecule is Cc1cc(N2CC[C@](O)(C(F)(F)F)C2)n2c(nc3ccccc32)c1C#N. The van der Waals surface area contributed by atoms with Gasteiger partial charge in [-0.2, -0.15) is 18.4 Å². The number of aryl methyl sites for hydroxylation is 1. The fraction of sp³-hybridized carbons (Fsp3) is 0.333. The fourth-order valence-corrected chi connectivity index (χ4v) is 3.52. The van der Waals surface area contributed by atoms with E-state index in [0.717, 1.165) is 0 Å². The van der Waals surface area contributed by atoms with E-state index < -0.39 is 24.7 Å². The van der Waals surface area contributed by atoms with Crippen LogP contribution in [0, 0.1) is 18.3 Å². The summed E-state index contributed by atoms with van der Waals surface area (Å²) in [5.74, 6) is 0.491. The Bertz CT molecular complexity index is 1070. The van der Waals surface area contributed by atoms with Crippen LogP contribution in [0.4, 0.5) is 19.0 Å². The minimum absolute atomic E-state index is 0.0585. The summed E-state index contributed by atoms with van der Waals surface area (Å²) in [5, 5.41) is 19.5. The minimum Gasteiger partial charge on any atom is -0.379 e. The summed E-state index contributed by atoms with van der Waals surface area (Å²) in [6, 6.07) is 11.0. The number of para-hydroxylation sites is 2. The van der Waals surface area contributed by atoms with E-state index in [1.165, 1.54) is 4.90 Å². The maximum atomic E-state index is 13.2. The molecule has 1 fully saturated rings. The standard InChI is InChI=1S/C18H15F3N4O/c1-11-8-15(24-7-6-17(26,10-24)18(19,20)21)25-14-5-3-2-4-13(14)23-16(25)12(11)9-22/h2-5,8,26H,6-7,10H2,1H3/t17-/m1/s1. The van der Waals surface area contributed by atoms with Crippen LogP contribution in [0.25, 0.3) is 16.7 Å². The molecule has 2 aromatic heterocycles. The number of aromatic nitrogens is 2. The number of hydrogen-bond donors (Lipinski definition) is 1. The molecule has 0 bridgehead atoms. The molecule has 1 aromatic carbocycles. The maximum Gasteiger partial charge on any atom is 0.418 e. The van der Waals surface area contributed by atoms with E-state index in [2.05, 4.69) is 11.1 Å². The average Bonchev–Trinajstić information content (AvgIpc) is 3.15. The lowest BCUT2D eigenvalue weighted by atomic mass is 10.0. The molecule has 0 spiro atoms. The van der Waals surface area contributed by atoms with Crippen molar-refractivity contribution in [3.8, 4) is 6.07 Å². The lowest BCUT2D eigenvalue weighted by molar-refractivity contribution is -0.250. The summed E-state index contributed by atoms with van der Waals surface area (Å²) in [5.41, 5.74) is 0.0454. The predicted octanol–water partition coefficient (Wildman–Crippen LogP) is 3.17. The zero-order chi connectivity index (χ0) is 18.7. The highest BCUT2D eigenvalue weighted by Gasteiger charge is 2.57. The van der Waals surface area contributed by atoms with Crippen LogP contribution in [-0.2, 0) is 0 Å². The molecular weight excluding hydrogens is 345 g/mol. The number of rotatable bonds is 1. The lowest BCUT2D eigenvalue weighted by Crippen LogP contribution is -2.47. The van der Waals surface area contributed by atoms with E-state index in [-0.39, 0.29) is 6.54 Å². The summed E-state index contributed by atoms with van der Waals surface area (Å²) in [6.45, 7) is 1.24. The van der Waals surface area contributed by atoms with E-state index in [9.17, 15) is 23.5 Å². The normalized spacial score (nSPS) is 20.8. The minimum atomic E-state index is -4.69. The first kappa shape index (κ1) is 16.7. The lowest BCUT2D eigenvalue weighted by Gasteiger charge is -2.27. The number of hydrogen-bond acceptors (Lipinski definition) is 4. The fourth-order valence-electron chi connectivity index (χ4n) is 3.52. The van der Waals surface area contributed by atoms with Crippen LogP contribution in [0.5, 0.6) is 0 Å². The Morgan fingerprint density at radius 1 is 1.31 bits per heavy atom. The van der Waals surface area contributed by atoms with Gasteiger partial charge in [0.25, 0.3) is 0 Å². The van der Waals surface area contributed by atoms with Gasteiger partial charge in [0.1, 0.15) is 11.9 Å². The van der Waals surface area contributed by atoms with Gasteiger partial charge in [0.05, 0.1) is 23.1 Å². The van der Waals surface area contributed by atoms with Crippen LogP contribution in [0.2, 0.25) is 0 Å². The summed E-state index contributed by atoms with van der Waals surface area (Å²) in [4.78, 5) is 6.00. The Balaban J connectivity index is 1.96. The molecule has 1 N–H and O–H groups in total. The van der Waals surface area contributed by atoms with Gasteiger partial charge in [0, 0.05) is 13.0 Å². The number of fused-ring (bicyclic) bond motifs is 3. The molecule has 1 atom stereocenters. The third-order valence-electron chi connectivity index (χ3n) is 4.96. The van der Waals surface area contributed by atoms with Crippen LogP contribution in [0.3, 0.4) is 0 Å². The molecule has 3 aromatic rings. The topological polar surface area (TPSA) is 64.6 Å². The number of pyridine rings is 1. The number of anilines is 1. The number of β-amino-alcohol motifs (C(OH)–C–C–N with tert-alkyl or cyclic N) is 1. The summed E-state index contributed by atoms with van der Waals surface area (Å²) < 4.78 is 41.3. The van der Waals surface area contributed by atoms with E-state index in [1.807, 2.05) is 12.1 Å². The highest BCUT2D eigenvalue weighted by molar-refractivity contribution is 5.85. The molecule has 1 aliphatic heterocycles. The first-order valence-electron chi connectivity index (χ1n) is 8.10. The summed E-state index contributed by atoms with van der Waals surface area (Å²) >= 11 is 0. The number of imidazole rings is 1. The molecule has 4 rings (SSSR count). The van der Waals surface area contributed by atoms with Crippen molar-refractivity contribution in [2.45, 2.75) is 25.1 Å². The molecule has 0 radical (unpaired) electrons. The second-order valence-electron chi connectivity index (χ2n) is 6.63. The Hall–Kier alpha value is -2.79. The Morgan fingerprint density at radius 3 is 2.69 bits per heavy atom. The Morgan fingerprint density at radius 2 is 2.04 bits per heavy atom. The van der Waals surface area contributed by atoms with Gasteiger partial charge in [-0.3, -0.25) is 4.40 Å². The first-order valence-corrected chi connectivity index (χ1v) is 8.10. The third-order valence-corrected chi connectivity index (χ3v) is 4.96. The molecule has 1 aliphatic rings. The van der Waals surface area contributed by atoms with Crippen LogP contribution < -0.4 is 4.90 Å². The third kappa shape index (κ3) is 2.24. The second-order valence-corrected chi connectivity index (χ2v) is 6.63. The van der Waals surface area contributed by atoms with Crippen LogP contribution >= 0.6 is 0 Å². The quantitative estimate of drug-likeness (QED) is 0.724. The molecule has 26 heavy (non-hydrogen) atoms. The average molecular weight is 360 g/mol. The summed E-state index contributed by atoms with van der Waals surface area (Å²) in [6.07, 6.45) is -5.09. The van der Waals surface area contributed by atoms with E-state index in [0.29, 0.717) is 33.6 Å². The molecule has 1 saturated heterocycles. The number of halogens is 3. The van der Waals surface area contributed by atoms with Crippen molar-refractivity contribution < 1.29 is 18.3 Å². The highest BCUT2D eigenvalue weighted by atomic mass is 19.4. The van der Waals surface area contributed by atoms with Gasteiger partial charge in [0.2, 0.25) is 0 Å². The monoisotopic (exact) mass is 360 g/mol. The van der Waals surface area contributed by atoms with Gasteiger partial charge in [0.15, 0.2) is 11.2 Å². The van der Waals surface area contributed by atoms with Gasteiger partial charge in [-0.15, -0.1) is 0 Å². The van der Waals surface area contributed by atoms with Gasteiger partial charge >= 0.3 is 6.18 Å². The number of nitrogens with zero attached hydrogens (tertiary/aromatic N) is 4. The molecular formula is C18H15F3N4O. The van der Waals surface area contributed by atoms with Crippen LogP contribution in [0.15, 0.2) is 30.3 Å². The van der Waals surface area contributed by atoms with Crippen LogP contribution in [-0.4, -0.2) is 39.4 Å². The predicted molar refractivity (Wildman–Crippen MR) is 90.0 cm³/mol. The molecule has 0 amide bonds. The molecule has 5 nitrogen and oxygen atoms in total. The van der Waals surface area contributed by atoms with E-state index in [1.54, 1.807) is 29.5 Å². The van der Waals surface area contributed by atoms with Crippen molar-refractivity contribution in [1.29, 1.82) is 5.26 Å². The zero-order valence-electron chi connectivity index (χ0n) is 13.9. The van der Waals surface area contributed by atoms with Gasteiger partial charge in [-0.1, -0.05) is 12.1 Å². The second kappa shape index (κ2) is 5.35. The highest BCUT2D eigenvalue weighted by Crippen LogP contribution is 2.40. The van der Waals surface area contributed by atoms with Crippen molar-refractivity contribution in [2.24, 2.45) is 0 Å². The maximum absolute atomic E-state index is 13.2. The van der Waals surface area contributed by atoms with Gasteiger partial charge < -0.3 is 10.0 Å². The van der Waals surface area contributed by atoms with Crippen molar-refractivity contribution in [1.82, 2.24) is 9.38 Å². The smallest absolute Gasteiger partial charge is 0.379 e. The van der Waals surface area contributed by atoms with Crippen LogP contribution in [0.1, 0.15) is 17.5 Å². The molecule has 134 valence electrons. The number of alkyl halides is 3. The first-order chi connectivity index (χ1) is 12.2. The van der Waals surface area contributed by atoms with Gasteiger partial charge in [-0.05, 0) is 30.7 Å². The van der Waals surface area contributed by atoms with E-state index >= 15 is 0 Å². The molecule has 0 saturated carbocycles.